The molecule has 0 fully saturated rings. The molecule has 1 rings (SSSR count). The smallest absolute Gasteiger partial charge is 0.218 e. The van der Waals surface area contributed by atoms with Crippen molar-refractivity contribution in [3.05, 3.63) is 42.9 Å². The van der Waals surface area contributed by atoms with Gasteiger partial charge < -0.3 is 4.43 Å². The average Bonchev–Trinajstić information content (AvgIpc) is 2.27. The van der Waals surface area contributed by atoms with E-state index in [1.807, 2.05) is 18.2 Å². The van der Waals surface area contributed by atoms with Crippen LogP contribution >= 0.6 is 0 Å². The molecule has 2 heteroatoms. The maximum absolute atomic E-state index is 7.33. The van der Waals surface area contributed by atoms with Crippen LogP contribution in [0.2, 0.25) is 13.1 Å². The minimum absolute atomic E-state index is 0.214. The van der Waals surface area contributed by atoms with Crippen LogP contribution in [0.4, 0.5) is 0 Å². The van der Waals surface area contributed by atoms with Gasteiger partial charge in [-0.25, -0.2) is 0 Å². The Labute approximate surface area is 84.0 Å². The predicted octanol–water partition coefficient (Wildman–Crippen LogP) is 2.30. The first-order valence-corrected chi connectivity index (χ1v) is 7.20. The highest BCUT2D eigenvalue weighted by Crippen LogP contribution is 2.04. The minimum atomic E-state index is -1.90. The van der Waals surface area contributed by atoms with Gasteiger partial charge >= 0.3 is 0 Å². The van der Waals surface area contributed by atoms with Crippen LogP contribution in [0.1, 0.15) is 2.74 Å². The fraction of sp³-hybridized carbons (Fsp3) is 0.273. The first-order chi connectivity index (χ1) is 7.06. The molecule has 1 aromatic carbocycles. The van der Waals surface area contributed by atoms with E-state index < -0.39 is 8.32 Å². The molecule has 0 heterocycles. The van der Waals surface area contributed by atoms with Crippen LogP contribution < -0.4 is 5.19 Å². The summed E-state index contributed by atoms with van der Waals surface area (Å²) in [5, 5.41) is 1.21. The number of benzene rings is 1. The van der Waals surface area contributed by atoms with E-state index in [9.17, 15) is 0 Å². The van der Waals surface area contributed by atoms with Crippen molar-refractivity contribution in [2.24, 2.45) is 0 Å². The first-order valence-electron chi connectivity index (χ1n) is 5.37. The Bertz CT molecular complexity index is 336. The first kappa shape index (κ1) is 7.53. The number of hydrogen-bond donors (Lipinski definition) is 0. The molecule has 13 heavy (non-hydrogen) atoms. The average molecular weight is 194 g/mol. The standard InChI is InChI=1S/C11H16OSi/c1-4-10-12-13(2,3)11-8-6-5-7-9-11/h4-9H,1,10H2,2-3H3/i1D,4D. The molecule has 0 aromatic heterocycles. The number of rotatable bonds is 4. The maximum atomic E-state index is 7.33. The van der Waals surface area contributed by atoms with Crippen molar-refractivity contribution < 1.29 is 7.17 Å². The van der Waals surface area contributed by atoms with Gasteiger partial charge in [0, 0.05) is 0 Å². The second-order valence-corrected chi connectivity index (χ2v) is 7.26. The Hall–Kier alpha value is -0.863. The topological polar surface area (TPSA) is 9.23 Å². The van der Waals surface area contributed by atoms with Crippen LogP contribution in [0, 0.1) is 0 Å². The van der Waals surface area contributed by atoms with E-state index in [1.54, 1.807) is 0 Å². The van der Waals surface area contributed by atoms with Crippen LogP contribution in [-0.2, 0) is 4.43 Å². The Morgan fingerprint density at radius 3 is 2.85 bits per heavy atom. The molecule has 0 bridgehead atoms. The van der Waals surface area contributed by atoms with E-state index >= 15 is 0 Å². The van der Waals surface area contributed by atoms with Crippen LogP contribution in [0.5, 0.6) is 0 Å². The highest BCUT2D eigenvalue weighted by molar-refractivity contribution is 6.84. The summed E-state index contributed by atoms with van der Waals surface area (Å²) in [4.78, 5) is 0. The van der Waals surface area contributed by atoms with Gasteiger partial charge in [0.2, 0.25) is 8.32 Å². The molecule has 0 aliphatic carbocycles. The van der Waals surface area contributed by atoms with Gasteiger partial charge in [0.25, 0.3) is 0 Å². The van der Waals surface area contributed by atoms with Crippen LogP contribution in [0.15, 0.2) is 42.9 Å². The summed E-state index contributed by atoms with van der Waals surface area (Å²) >= 11 is 0. The lowest BCUT2D eigenvalue weighted by atomic mass is 10.4. The summed E-state index contributed by atoms with van der Waals surface area (Å²) in [6, 6.07) is 10.3. The molecule has 0 saturated heterocycles. The van der Waals surface area contributed by atoms with Gasteiger partial charge in [-0.05, 0) is 18.3 Å². The van der Waals surface area contributed by atoms with Crippen molar-refractivity contribution in [1.29, 1.82) is 0 Å². The molecule has 0 aliphatic heterocycles. The van der Waals surface area contributed by atoms with E-state index in [1.165, 1.54) is 5.19 Å². The summed E-state index contributed by atoms with van der Waals surface area (Å²) in [7, 11) is -1.90. The third-order valence-corrected chi connectivity index (χ3v) is 4.58. The van der Waals surface area contributed by atoms with Gasteiger partial charge in [-0.15, -0.1) is 6.55 Å². The van der Waals surface area contributed by atoms with Gasteiger partial charge in [-0.1, -0.05) is 36.4 Å². The van der Waals surface area contributed by atoms with Gasteiger partial charge in [-0.2, -0.15) is 0 Å². The summed E-state index contributed by atoms with van der Waals surface area (Å²) in [6.07, 6.45) is 0. The molecule has 0 unspecified atom stereocenters. The summed E-state index contributed by atoms with van der Waals surface area (Å²) in [5.41, 5.74) is 0. The van der Waals surface area contributed by atoms with Gasteiger partial charge in [0.1, 0.15) is 0 Å². The van der Waals surface area contributed by atoms with Gasteiger partial charge in [-0.3, -0.25) is 0 Å². The van der Waals surface area contributed by atoms with Crippen molar-refractivity contribution in [1.82, 2.24) is 0 Å². The lowest BCUT2D eigenvalue weighted by molar-refractivity contribution is 0.363. The van der Waals surface area contributed by atoms with E-state index in [-0.39, 0.29) is 12.7 Å². The second-order valence-electron chi connectivity index (χ2n) is 3.37. The highest BCUT2D eigenvalue weighted by Gasteiger charge is 2.23. The van der Waals surface area contributed by atoms with Crippen molar-refractivity contribution in [2.45, 2.75) is 13.1 Å². The van der Waals surface area contributed by atoms with E-state index in [4.69, 9.17) is 7.17 Å². The molecule has 0 amide bonds. The lowest BCUT2D eigenvalue weighted by Gasteiger charge is -2.22. The summed E-state index contributed by atoms with van der Waals surface area (Å²) < 4.78 is 20.0. The van der Waals surface area contributed by atoms with Crippen molar-refractivity contribution in [2.75, 3.05) is 6.61 Å². The molecule has 0 radical (unpaired) electrons. The van der Waals surface area contributed by atoms with E-state index in [2.05, 4.69) is 25.2 Å². The zero-order valence-electron chi connectivity index (χ0n) is 10.1. The second kappa shape index (κ2) is 4.39. The largest absolute Gasteiger partial charge is 0.409 e. The zero-order valence-corrected chi connectivity index (χ0v) is 9.08. The van der Waals surface area contributed by atoms with Crippen molar-refractivity contribution >= 4 is 13.5 Å². The third-order valence-electron chi connectivity index (χ3n) is 1.99. The van der Waals surface area contributed by atoms with Crippen LogP contribution in [-0.4, -0.2) is 14.9 Å². The fourth-order valence-electron chi connectivity index (χ4n) is 1.14. The van der Waals surface area contributed by atoms with E-state index in [0.717, 1.165) is 6.55 Å². The molecule has 0 saturated carbocycles. The molecule has 0 spiro atoms. The molecular weight excluding hydrogens is 176 g/mol. The Morgan fingerprint density at radius 1 is 1.54 bits per heavy atom. The quantitative estimate of drug-likeness (QED) is 0.528. The molecule has 0 aliphatic rings. The molecular formula is C11H16OSi. The normalized spacial score (nSPS) is 15.1. The summed E-state index contributed by atoms with van der Waals surface area (Å²) in [5.74, 6) is 0. The summed E-state index contributed by atoms with van der Waals surface area (Å²) in [6.45, 7) is 5.45. The monoisotopic (exact) mass is 194 g/mol. The predicted molar refractivity (Wildman–Crippen MR) is 59.7 cm³/mol. The minimum Gasteiger partial charge on any atom is -0.409 e. The maximum Gasteiger partial charge on any atom is 0.218 e. The van der Waals surface area contributed by atoms with Crippen molar-refractivity contribution in [3.8, 4) is 0 Å². The van der Waals surface area contributed by atoms with E-state index in [0.29, 0.717) is 0 Å². The van der Waals surface area contributed by atoms with Gasteiger partial charge in [0.05, 0.1) is 9.35 Å². The fourth-order valence-corrected chi connectivity index (χ4v) is 2.75. The zero-order chi connectivity index (χ0) is 11.3. The van der Waals surface area contributed by atoms with Crippen LogP contribution in [0.25, 0.3) is 0 Å². The lowest BCUT2D eigenvalue weighted by Crippen LogP contribution is -2.44. The van der Waals surface area contributed by atoms with Crippen molar-refractivity contribution in [3.63, 3.8) is 0 Å². The van der Waals surface area contributed by atoms with Gasteiger partial charge in [0.15, 0.2) is 0 Å². The Balaban J connectivity index is 2.68. The number of hydrogen-bond acceptors (Lipinski definition) is 1. The Morgan fingerprint density at radius 2 is 2.23 bits per heavy atom. The molecule has 1 nitrogen and oxygen atoms in total. The SMILES string of the molecule is [2H]C=C([2H])CO[Si](C)(C)c1ccccc1. The molecule has 1 aromatic rings. The molecule has 0 atom stereocenters. The highest BCUT2D eigenvalue weighted by atomic mass is 28.4. The van der Waals surface area contributed by atoms with Crippen LogP contribution in [0.3, 0.4) is 0 Å². The third kappa shape index (κ3) is 2.83. The Kier molecular flexibility index (Phi) is 2.55. The molecule has 0 N–H and O–H groups in total. The molecule has 70 valence electrons.